The topological polar surface area (TPSA) is 0 Å². The first kappa shape index (κ1) is 47.3. The second kappa shape index (κ2) is 17.3. The van der Waals surface area contributed by atoms with E-state index >= 15 is 0 Å². The molecular weight excluding hydrogens is 865 g/mol. The van der Waals surface area contributed by atoms with Gasteiger partial charge in [0.15, 0.2) is 0 Å². The number of fused-ring (bicyclic) bond motifs is 5. The Labute approximate surface area is 365 Å². The first-order chi connectivity index (χ1) is 26.0. The number of allylic oxidation sites excluding steroid dienone is 6. The van der Waals surface area contributed by atoms with E-state index in [2.05, 4.69) is 128 Å². The van der Waals surface area contributed by atoms with Crippen LogP contribution in [0.5, 0.6) is 0 Å². The van der Waals surface area contributed by atoms with Crippen LogP contribution in [0.1, 0.15) is 106 Å². The van der Waals surface area contributed by atoms with Gasteiger partial charge in [-0.1, -0.05) is 121 Å². The van der Waals surface area contributed by atoms with Crippen LogP contribution in [0.15, 0.2) is 109 Å². The molecule has 5 aromatic rings. The van der Waals surface area contributed by atoms with Gasteiger partial charge in [-0.05, 0) is 11.1 Å². The number of rotatable bonds is 3. The van der Waals surface area contributed by atoms with E-state index in [1.807, 2.05) is 0 Å². The van der Waals surface area contributed by atoms with Crippen molar-refractivity contribution in [3.63, 3.8) is 0 Å². The van der Waals surface area contributed by atoms with Gasteiger partial charge in [-0.3, -0.25) is 6.08 Å². The quantitative estimate of drug-likeness (QED) is 0.126. The van der Waals surface area contributed by atoms with Crippen molar-refractivity contribution in [3.05, 3.63) is 159 Å². The van der Waals surface area contributed by atoms with Crippen LogP contribution < -0.4 is 24.8 Å². The summed E-state index contributed by atoms with van der Waals surface area (Å²) in [7, 11) is 0. The van der Waals surface area contributed by atoms with Gasteiger partial charge in [-0.15, -0.1) is 39.7 Å². The van der Waals surface area contributed by atoms with Gasteiger partial charge in [0.25, 0.3) is 0 Å². The molecule has 0 saturated carbocycles. The number of benzene rings is 4. The number of alkyl halides is 6. The molecule has 0 amide bonds. The maximum atomic E-state index is 12.5. The summed E-state index contributed by atoms with van der Waals surface area (Å²) in [5, 5.41) is 5.53. The molecule has 304 valence electrons. The van der Waals surface area contributed by atoms with Gasteiger partial charge in [0.05, 0.1) is 0 Å². The zero-order valence-corrected chi connectivity index (χ0v) is 37.7. The van der Waals surface area contributed by atoms with Crippen molar-refractivity contribution in [2.24, 2.45) is 11.3 Å². The summed E-state index contributed by atoms with van der Waals surface area (Å²) in [5.41, 5.74) is 7.32. The van der Waals surface area contributed by atoms with Crippen molar-refractivity contribution in [1.29, 1.82) is 0 Å². The van der Waals surface area contributed by atoms with Crippen molar-refractivity contribution in [3.8, 4) is 0 Å². The molecule has 0 aliphatic heterocycles. The molecule has 1 atom stereocenters. The number of halogens is 8. The molecule has 3 aliphatic rings. The number of hydrogen-bond acceptors (Lipinski definition) is 0. The monoisotopic (exact) mass is 908 g/mol. The minimum Gasteiger partial charge on any atom is -1.00 e. The summed E-state index contributed by atoms with van der Waals surface area (Å²) in [5.74, 6) is 0.573. The molecule has 0 spiro atoms. The third-order valence-electron chi connectivity index (χ3n) is 10.9. The van der Waals surface area contributed by atoms with Crippen LogP contribution >= 0.6 is 0 Å². The largest absolute Gasteiger partial charge is 1.00 e. The van der Waals surface area contributed by atoms with Gasteiger partial charge in [-0.25, -0.2) is 6.08 Å². The van der Waals surface area contributed by atoms with E-state index in [0.29, 0.717) is 25.7 Å². The van der Waals surface area contributed by atoms with Gasteiger partial charge in [0.1, 0.15) is 0 Å². The fraction of sp³-hybridized carbons (Fsp3) is 0.306. The summed E-state index contributed by atoms with van der Waals surface area (Å²) < 4.78 is 75.6. The summed E-state index contributed by atoms with van der Waals surface area (Å²) in [6.07, 6.45) is 9.39. The fourth-order valence-electron chi connectivity index (χ4n) is 7.34. The van der Waals surface area contributed by atoms with Crippen LogP contribution in [-0.2, 0) is 47.4 Å². The normalized spacial score (nSPS) is 17.0. The molecule has 58 heavy (non-hydrogen) atoms. The summed E-state index contributed by atoms with van der Waals surface area (Å²) in [6, 6.07) is 21.1. The van der Waals surface area contributed by atoms with Crippen molar-refractivity contribution in [1.82, 2.24) is 0 Å². The van der Waals surface area contributed by atoms with Gasteiger partial charge >= 0.3 is 137 Å². The zero-order valence-electron chi connectivity index (χ0n) is 33.8. The maximum absolute atomic E-state index is 12.5. The van der Waals surface area contributed by atoms with Crippen molar-refractivity contribution < 1.29 is 75.4 Å². The molecule has 8 rings (SSSR count). The molecule has 1 unspecified atom stereocenters. The van der Waals surface area contributed by atoms with E-state index in [4.69, 9.17) is 0 Å². The Balaban J connectivity index is 0.000000201. The van der Waals surface area contributed by atoms with Crippen molar-refractivity contribution in [2.75, 3.05) is 0 Å². The average Bonchev–Trinajstić information content (AvgIpc) is 3.90. The van der Waals surface area contributed by atoms with Gasteiger partial charge in [-0.2, -0.15) is 11.6 Å². The molecule has 0 radical (unpaired) electrons. The summed E-state index contributed by atoms with van der Waals surface area (Å²) in [4.78, 5) is 0. The maximum Gasteiger partial charge on any atom is -1.00 e. The van der Waals surface area contributed by atoms with E-state index in [-0.39, 0.29) is 35.6 Å². The minimum absolute atomic E-state index is 0. The van der Waals surface area contributed by atoms with Crippen LogP contribution in [-0.4, -0.2) is 3.21 Å². The molecule has 5 aromatic carbocycles. The summed E-state index contributed by atoms with van der Waals surface area (Å²) >= 11 is 0.898. The molecule has 0 heterocycles. The van der Waals surface area contributed by atoms with Crippen LogP contribution in [0.4, 0.5) is 26.3 Å². The van der Waals surface area contributed by atoms with Gasteiger partial charge < -0.3 is 24.8 Å². The Bertz CT molecular complexity index is 2270. The Morgan fingerprint density at radius 2 is 1.07 bits per heavy atom. The Morgan fingerprint density at radius 1 is 0.672 bits per heavy atom. The standard InChI is InChI=1S/C23H21.C15H8F6.C11H17.2ClH.Zr/c1-22(2)7-5-14-10-18-16(12-20(14)22)9-17-13-21-15(11-19(17)18)6-8-23(21,3)4;16-14(17,18)12-5-1-10(2-6-12)9-11-3-7-13(8-4-11)15(19,20)21;1-5-9-6-7-10(8-9)11(2,3)4;;;/h5-13H,1-4H3;1-8H;7-9H,5H2,1-4H3;2*1H;/q-1;;-1;;;+2/p-2. The molecule has 3 aliphatic carbocycles. The second-order valence-electron chi connectivity index (χ2n) is 17.0. The van der Waals surface area contributed by atoms with Crippen LogP contribution in [0.3, 0.4) is 0 Å². The molecule has 0 N–H and O–H groups in total. The van der Waals surface area contributed by atoms with E-state index in [9.17, 15) is 26.3 Å². The molecule has 0 nitrogen and oxygen atoms in total. The first-order valence-electron chi connectivity index (χ1n) is 18.8. The third kappa shape index (κ3) is 10.1. The zero-order chi connectivity index (χ0) is 41.0. The predicted molar refractivity (Wildman–Crippen MR) is 216 cm³/mol. The predicted octanol–water partition coefficient (Wildman–Crippen LogP) is 8.53. The summed E-state index contributed by atoms with van der Waals surface area (Å²) in [6.45, 7) is 18.1. The molecule has 9 heteroatoms. The van der Waals surface area contributed by atoms with Gasteiger partial charge in [0.2, 0.25) is 0 Å². The van der Waals surface area contributed by atoms with Crippen LogP contribution in [0.25, 0.3) is 33.7 Å². The number of hydrogen-bond donors (Lipinski definition) is 0. The Morgan fingerprint density at radius 3 is 1.38 bits per heavy atom. The minimum atomic E-state index is -4.41. The Hall–Kier alpha value is -3.38. The SMILES string of the molecule is CC1(C)C=Cc2cc3c(cc21)[cH-]c1cc2c(cc13)C=CC2(C)C.CCC1[C-]=CC(C(C)(C)C)=C1.FC(F)(F)c1ccc([C](=[Zr+2])c2ccc(C(F)(F)F)cc2)cc1.[Cl-].[Cl-]. The molecular formula is C49H46Cl2F6Zr-2. The molecule has 0 aromatic heterocycles. The second-order valence-corrected chi connectivity index (χ2v) is 18.3. The average molecular weight is 911 g/mol. The van der Waals surface area contributed by atoms with Crippen molar-refractivity contribution in [2.45, 2.75) is 85.0 Å². The molecule has 0 bridgehead atoms. The van der Waals surface area contributed by atoms with E-state index < -0.39 is 23.5 Å². The van der Waals surface area contributed by atoms with Gasteiger partial charge in [0, 0.05) is 10.8 Å². The first-order valence-corrected chi connectivity index (χ1v) is 20.1. The Kier molecular flexibility index (Phi) is 14.1. The fourth-order valence-corrected chi connectivity index (χ4v) is 8.16. The van der Waals surface area contributed by atoms with Crippen molar-refractivity contribution >= 4 is 36.9 Å². The van der Waals surface area contributed by atoms with E-state index in [1.165, 1.54) is 80.1 Å². The molecule has 0 fully saturated rings. The van der Waals surface area contributed by atoms with Crippen LogP contribution in [0.2, 0.25) is 0 Å². The van der Waals surface area contributed by atoms with E-state index in [0.717, 1.165) is 48.5 Å². The van der Waals surface area contributed by atoms with E-state index in [1.54, 1.807) is 0 Å². The molecule has 0 saturated heterocycles. The third-order valence-corrected chi connectivity index (χ3v) is 12.4. The van der Waals surface area contributed by atoms with Crippen LogP contribution in [0, 0.1) is 17.4 Å². The smallest absolute Gasteiger partial charge is 1.00 e.